The van der Waals surface area contributed by atoms with Crippen molar-refractivity contribution in [3.63, 3.8) is 0 Å². The average Bonchev–Trinajstić information content (AvgIpc) is 3.13. The topological polar surface area (TPSA) is 41.1 Å². The highest BCUT2D eigenvalue weighted by molar-refractivity contribution is 5.85. The van der Waals surface area contributed by atoms with Crippen LogP contribution in [0.3, 0.4) is 0 Å². The van der Waals surface area contributed by atoms with E-state index in [1.807, 2.05) is 0 Å². The molecule has 1 saturated carbocycles. The fourth-order valence-electron chi connectivity index (χ4n) is 1.99. The summed E-state index contributed by atoms with van der Waals surface area (Å²) in [6.45, 7) is 5.71. The molecule has 106 valence electrons. The maximum atomic E-state index is 11.8. The van der Waals surface area contributed by atoms with Crippen molar-refractivity contribution in [3.05, 3.63) is 34.9 Å². The molecule has 3 nitrogen and oxygen atoms in total. The van der Waals surface area contributed by atoms with E-state index in [4.69, 9.17) is 0 Å². The van der Waals surface area contributed by atoms with Crippen molar-refractivity contribution in [1.82, 2.24) is 10.6 Å². The van der Waals surface area contributed by atoms with E-state index in [9.17, 15) is 4.79 Å². The minimum atomic E-state index is 0. The van der Waals surface area contributed by atoms with E-state index in [0.717, 1.165) is 18.7 Å². The third-order valence-electron chi connectivity index (χ3n) is 3.31. The van der Waals surface area contributed by atoms with Crippen LogP contribution in [0.4, 0.5) is 0 Å². The molecule has 1 aliphatic carbocycles. The molecule has 0 saturated heterocycles. The van der Waals surface area contributed by atoms with Crippen molar-refractivity contribution in [2.75, 3.05) is 13.1 Å². The first-order chi connectivity index (χ1) is 8.65. The quantitative estimate of drug-likeness (QED) is 0.785. The second-order valence-corrected chi connectivity index (χ2v) is 5.19. The number of rotatable bonds is 6. The molecule has 0 aromatic heterocycles. The zero-order chi connectivity index (χ0) is 13.0. The molecular formula is C15H23ClN2O. The highest BCUT2D eigenvalue weighted by Gasteiger charge is 2.19. The molecule has 1 aromatic rings. The molecular weight excluding hydrogens is 260 g/mol. The van der Waals surface area contributed by atoms with E-state index in [1.165, 1.54) is 24.0 Å². The molecule has 2 N–H and O–H groups in total. The first kappa shape index (κ1) is 16.0. The van der Waals surface area contributed by atoms with Gasteiger partial charge in [-0.3, -0.25) is 4.79 Å². The predicted octanol–water partition coefficient (Wildman–Crippen LogP) is 2.14. The van der Waals surface area contributed by atoms with E-state index in [1.54, 1.807) is 0 Å². The SMILES string of the molecule is Cc1ccc(C)c(CC(=O)NCCNC2CC2)c1.Cl. The van der Waals surface area contributed by atoms with Gasteiger partial charge in [0.1, 0.15) is 0 Å². The number of halogens is 1. The van der Waals surface area contributed by atoms with Gasteiger partial charge >= 0.3 is 0 Å². The molecule has 0 spiro atoms. The van der Waals surface area contributed by atoms with Crippen molar-refractivity contribution >= 4 is 18.3 Å². The molecule has 1 aromatic carbocycles. The van der Waals surface area contributed by atoms with Crippen LogP contribution in [-0.2, 0) is 11.2 Å². The van der Waals surface area contributed by atoms with E-state index in [2.05, 4.69) is 42.7 Å². The lowest BCUT2D eigenvalue weighted by Gasteiger charge is -2.08. The number of nitrogens with one attached hydrogen (secondary N) is 2. The Hall–Kier alpha value is -1.06. The van der Waals surface area contributed by atoms with Crippen molar-refractivity contribution < 1.29 is 4.79 Å². The normalized spacial score (nSPS) is 13.8. The van der Waals surface area contributed by atoms with Crippen LogP contribution >= 0.6 is 12.4 Å². The van der Waals surface area contributed by atoms with Gasteiger partial charge in [-0.1, -0.05) is 23.8 Å². The molecule has 0 radical (unpaired) electrons. The summed E-state index contributed by atoms with van der Waals surface area (Å²) in [6.07, 6.45) is 3.06. The Morgan fingerprint density at radius 1 is 1.26 bits per heavy atom. The van der Waals surface area contributed by atoms with Crippen LogP contribution in [0.15, 0.2) is 18.2 Å². The Kier molecular flexibility index (Phi) is 6.32. The average molecular weight is 283 g/mol. The van der Waals surface area contributed by atoms with Gasteiger partial charge in [0.15, 0.2) is 0 Å². The monoisotopic (exact) mass is 282 g/mol. The molecule has 19 heavy (non-hydrogen) atoms. The zero-order valence-electron chi connectivity index (χ0n) is 11.7. The van der Waals surface area contributed by atoms with E-state index < -0.39 is 0 Å². The van der Waals surface area contributed by atoms with Gasteiger partial charge in [0.2, 0.25) is 5.91 Å². The lowest BCUT2D eigenvalue weighted by Crippen LogP contribution is -2.33. The summed E-state index contributed by atoms with van der Waals surface area (Å²) in [5, 5.41) is 6.34. The van der Waals surface area contributed by atoms with Gasteiger partial charge in [0.05, 0.1) is 6.42 Å². The van der Waals surface area contributed by atoms with Gasteiger partial charge in [0, 0.05) is 19.1 Å². The van der Waals surface area contributed by atoms with Crippen LogP contribution < -0.4 is 10.6 Å². The molecule has 2 rings (SSSR count). The van der Waals surface area contributed by atoms with E-state index in [-0.39, 0.29) is 18.3 Å². The molecule has 1 aliphatic rings. The predicted molar refractivity (Wildman–Crippen MR) is 80.9 cm³/mol. The molecule has 1 fully saturated rings. The summed E-state index contributed by atoms with van der Waals surface area (Å²) in [4.78, 5) is 11.8. The zero-order valence-corrected chi connectivity index (χ0v) is 12.5. The molecule has 4 heteroatoms. The van der Waals surface area contributed by atoms with Crippen LogP contribution in [0.5, 0.6) is 0 Å². The fraction of sp³-hybridized carbons (Fsp3) is 0.533. The Morgan fingerprint density at radius 3 is 2.68 bits per heavy atom. The van der Waals surface area contributed by atoms with Crippen molar-refractivity contribution in [3.8, 4) is 0 Å². The van der Waals surface area contributed by atoms with Gasteiger partial charge in [-0.2, -0.15) is 0 Å². The van der Waals surface area contributed by atoms with Crippen molar-refractivity contribution in [2.45, 2.75) is 39.2 Å². The summed E-state index contributed by atoms with van der Waals surface area (Å²) >= 11 is 0. The number of hydrogen-bond acceptors (Lipinski definition) is 2. The van der Waals surface area contributed by atoms with Crippen LogP contribution in [0.25, 0.3) is 0 Å². The highest BCUT2D eigenvalue weighted by Crippen LogP contribution is 2.17. The fourth-order valence-corrected chi connectivity index (χ4v) is 1.99. The molecule has 0 bridgehead atoms. The Balaban J connectivity index is 0.00000180. The number of hydrogen-bond donors (Lipinski definition) is 2. The number of carbonyl (C=O) groups excluding carboxylic acids is 1. The van der Waals surface area contributed by atoms with E-state index >= 15 is 0 Å². The second kappa shape index (κ2) is 7.51. The van der Waals surface area contributed by atoms with Gasteiger partial charge < -0.3 is 10.6 Å². The van der Waals surface area contributed by atoms with Crippen LogP contribution in [0.1, 0.15) is 29.5 Å². The maximum Gasteiger partial charge on any atom is 0.224 e. The van der Waals surface area contributed by atoms with Gasteiger partial charge in [-0.05, 0) is 37.8 Å². The third-order valence-corrected chi connectivity index (χ3v) is 3.31. The second-order valence-electron chi connectivity index (χ2n) is 5.19. The molecule has 0 aliphatic heterocycles. The highest BCUT2D eigenvalue weighted by atomic mass is 35.5. The first-order valence-corrected chi connectivity index (χ1v) is 6.71. The standard InChI is InChI=1S/C15H22N2O.ClH/c1-11-3-4-12(2)13(9-11)10-15(18)17-8-7-16-14-5-6-14;/h3-4,9,14,16H,5-8,10H2,1-2H3,(H,17,18);1H. The smallest absolute Gasteiger partial charge is 0.224 e. The Morgan fingerprint density at radius 2 is 2.00 bits per heavy atom. The van der Waals surface area contributed by atoms with Crippen LogP contribution in [-0.4, -0.2) is 25.0 Å². The van der Waals surface area contributed by atoms with Crippen molar-refractivity contribution in [2.24, 2.45) is 0 Å². The Labute approximate surface area is 121 Å². The van der Waals surface area contributed by atoms with Gasteiger partial charge in [0.25, 0.3) is 0 Å². The van der Waals surface area contributed by atoms with Crippen molar-refractivity contribution in [1.29, 1.82) is 0 Å². The van der Waals surface area contributed by atoms with Gasteiger partial charge in [-0.15, -0.1) is 12.4 Å². The number of amides is 1. The lowest BCUT2D eigenvalue weighted by molar-refractivity contribution is -0.120. The molecule has 0 atom stereocenters. The summed E-state index contributed by atoms with van der Waals surface area (Å²) in [6, 6.07) is 6.96. The minimum Gasteiger partial charge on any atom is -0.355 e. The third kappa shape index (κ3) is 5.62. The summed E-state index contributed by atoms with van der Waals surface area (Å²) in [5.74, 6) is 0.112. The lowest BCUT2D eigenvalue weighted by atomic mass is 10.0. The summed E-state index contributed by atoms with van der Waals surface area (Å²) in [5.41, 5.74) is 3.52. The largest absolute Gasteiger partial charge is 0.355 e. The molecule has 0 unspecified atom stereocenters. The van der Waals surface area contributed by atoms with Gasteiger partial charge in [-0.25, -0.2) is 0 Å². The van der Waals surface area contributed by atoms with E-state index in [0.29, 0.717) is 12.5 Å². The minimum absolute atomic E-state index is 0. The number of carbonyl (C=O) groups is 1. The molecule has 1 amide bonds. The Bertz CT molecular complexity index is 430. The summed E-state index contributed by atoms with van der Waals surface area (Å²) < 4.78 is 0. The van der Waals surface area contributed by atoms with Crippen LogP contribution in [0, 0.1) is 13.8 Å². The first-order valence-electron chi connectivity index (χ1n) is 6.71. The maximum absolute atomic E-state index is 11.8. The summed E-state index contributed by atoms with van der Waals surface area (Å²) in [7, 11) is 0. The van der Waals surface area contributed by atoms with Crippen LogP contribution in [0.2, 0.25) is 0 Å². The number of benzene rings is 1. The molecule has 0 heterocycles. The number of aryl methyl sites for hydroxylation is 2.